The van der Waals surface area contributed by atoms with Crippen LogP contribution in [0.15, 0.2) is 12.4 Å². The van der Waals surface area contributed by atoms with Crippen molar-refractivity contribution in [2.75, 3.05) is 26.2 Å². The molecule has 1 aromatic heterocycles. The van der Waals surface area contributed by atoms with E-state index in [4.69, 9.17) is 0 Å². The highest BCUT2D eigenvalue weighted by molar-refractivity contribution is 4.95. The Morgan fingerprint density at radius 3 is 2.60 bits per heavy atom. The molecule has 0 spiro atoms. The van der Waals surface area contributed by atoms with Crippen LogP contribution in [0.1, 0.15) is 46.4 Å². The predicted octanol–water partition coefficient (Wildman–Crippen LogP) is 2.55. The smallest absolute Gasteiger partial charge is 0.110 e. The molecule has 0 aromatic carbocycles. The van der Waals surface area contributed by atoms with Crippen LogP contribution >= 0.6 is 0 Å². The molecular weight excluding hydrogens is 248 g/mol. The molecule has 4 nitrogen and oxygen atoms in total. The SMILES string of the molecule is CCCNC(CCN(CC)CC)Cc1nccn1CC. The zero-order valence-corrected chi connectivity index (χ0v) is 13.7. The van der Waals surface area contributed by atoms with Crippen molar-refractivity contribution in [3.05, 3.63) is 18.2 Å². The summed E-state index contributed by atoms with van der Waals surface area (Å²) in [5.74, 6) is 1.21. The van der Waals surface area contributed by atoms with Crippen molar-refractivity contribution in [1.29, 1.82) is 0 Å². The largest absolute Gasteiger partial charge is 0.335 e. The van der Waals surface area contributed by atoms with E-state index in [1.807, 2.05) is 6.20 Å². The second kappa shape index (κ2) is 9.94. The lowest BCUT2D eigenvalue weighted by Crippen LogP contribution is -2.37. The van der Waals surface area contributed by atoms with Crippen molar-refractivity contribution in [2.24, 2.45) is 0 Å². The maximum Gasteiger partial charge on any atom is 0.110 e. The van der Waals surface area contributed by atoms with E-state index in [1.165, 1.54) is 25.2 Å². The average Bonchev–Trinajstić information content (AvgIpc) is 2.92. The lowest BCUT2D eigenvalue weighted by atomic mass is 10.1. The number of nitrogens with one attached hydrogen (secondary N) is 1. The van der Waals surface area contributed by atoms with Gasteiger partial charge in [0, 0.05) is 31.4 Å². The Morgan fingerprint density at radius 2 is 2.00 bits per heavy atom. The van der Waals surface area contributed by atoms with Gasteiger partial charge in [-0.3, -0.25) is 0 Å². The standard InChI is InChI=1S/C16H32N4/c1-5-10-17-15(9-12-19(6-2)7-3)14-16-18-11-13-20(16)8-4/h11,13,15,17H,5-10,12,14H2,1-4H3. The van der Waals surface area contributed by atoms with Gasteiger partial charge in [-0.15, -0.1) is 0 Å². The van der Waals surface area contributed by atoms with E-state index in [0.717, 1.165) is 32.6 Å². The third-order valence-electron chi connectivity index (χ3n) is 3.94. The van der Waals surface area contributed by atoms with E-state index in [-0.39, 0.29) is 0 Å². The van der Waals surface area contributed by atoms with Gasteiger partial charge in [-0.25, -0.2) is 4.98 Å². The monoisotopic (exact) mass is 280 g/mol. The molecule has 0 aliphatic rings. The minimum absolute atomic E-state index is 0.531. The number of rotatable bonds is 11. The van der Waals surface area contributed by atoms with E-state index in [0.29, 0.717) is 6.04 Å². The highest BCUT2D eigenvalue weighted by Gasteiger charge is 2.13. The van der Waals surface area contributed by atoms with Gasteiger partial charge in [-0.05, 0) is 45.9 Å². The summed E-state index contributed by atoms with van der Waals surface area (Å²) in [5.41, 5.74) is 0. The first kappa shape index (κ1) is 17.2. The van der Waals surface area contributed by atoms with E-state index >= 15 is 0 Å². The molecule has 0 fully saturated rings. The normalized spacial score (nSPS) is 13.1. The molecule has 0 aliphatic heterocycles. The number of aryl methyl sites for hydroxylation is 1. The van der Waals surface area contributed by atoms with Crippen LogP contribution in [0.2, 0.25) is 0 Å². The van der Waals surface area contributed by atoms with Crippen LogP contribution in [0.4, 0.5) is 0 Å². The van der Waals surface area contributed by atoms with Crippen molar-refractivity contribution in [2.45, 2.75) is 59.5 Å². The van der Waals surface area contributed by atoms with Gasteiger partial charge in [0.25, 0.3) is 0 Å². The summed E-state index contributed by atoms with van der Waals surface area (Å²) in [6.07, 6.45) is 7.40. The second-order valence-electron chi connectivity index (χ2n) is 5.30. The minimum Gasteiger partial charge on any atom is -0.335 e. The molecule has 4 heteroatoms. The minimum atomic E-state index is 0.531. The van der Waals surface area contributed by atoms with Gasteiger partial charge in [-0.1, -0.05) is 20.8 Å². The maximum atomic E-state index is 4.51. The molecule has 1 atom stereocenters. The van der Waals surface area contributed by atoms with Crippen LogP contribution in [0.5, 0.6) is 0 Å². The molecule has 1 heterocycles. The summed E-state index contributed by atoms with van der Waals surface area (Å²) in [7, 11) is 0. The molecule has 116 valence electrons. The average molecular weight is 280 g/mol. The van der Waals surface area contributed by atoms with Gasteiger partial charge in [0.15, 0.2) is 0 Å². The van der Waals surface area contributed by atoms with Crippen LogP contribution in [0, 0.1) is 0 Å². The quantitative estimate of drug-likeness (QED) is 0.676. The van der Waals surface area contributed by atoms with Crippen molar-refractivity contribution < 1.29 is 0 Å². The van der Waals surface area contributed by atoms with E-state index in [9.17, 15) is 0 Å². The number of imidazole rings is 1. The van der Waals surface area contributed by atoms with Crippen molar-refractivity contribution >= 4 is 0 Å². The Labute approximate surface area is 124 Å². The summed E-state index contributed by atoms with van der Waals surface area (Å²) in [5, 5.41) is 3.68. The Morgan fingerprint density at radius 1 is 1.25 bits per heavy atom. The van der Waals surface area contributed by atoms with E-state index < -0.39 is 0 Å². The molecule has 0 saturated heterocycles. The summed E-state index contributed by atoms with van der Waals surface area (Å²) >= 11 is 0. The topological polar surface area (TPSA) is 33.1 Å². The fourth-order valence-corrected chi connectivity index (χ4v) is 2.54. The molecular formula is C16H32N4. The number of nitrogens with zero attached hydrogens (tertiary/aromatic N) is 3. The Hall–Kier alpha value is -0.870. The van der Waals surface area contributed by atoms with Crippen LogP contribution < -0.4 is 5.32 Å². The van der Waals surface area contributed by atoms with Crippen molar-refractivity contribution in [3.8, 4) is 0 Å². The molecule has 1 unspecified atom stereocenters. The van der Waals surface area contributed by atoms with Crippen LogP contribution in [0.25, 0.3) is 0 Å². The Balaban J connectivity index is 2.54. The number of aromatic nitrogens is 2. The predicted molar refractivity (Wildman–Crippen MR) is 86.1 cm³/mol. The third kappa shape index (κ3) is 5.63. The molecule has 1 rings (SSSR count). The highest BCUT2D eigenvalue weighted by atomic mass is 15.1. The number of hydrogen-bond acceptors (Lipinski definition) is 3. The summed E-state index contributed by atoms with van der Waals surface area (Å²) < 4.78 is 2.25. The van der Waals surface area contributed by atoms with Gasteiger partial charge >= 0.3 is 0 Å². The lowest BCUT2D eigenvalue weighted by molar-refractivity contribution is 0.279. The van der Waals surface area contributed by atoms with Gasteiger partial charge in [0.05, 0.1) is 0 Å². The van der Waals surface area contributed by atoms with Crippen molar-refractivity contribution in [1.82, 2.24) is 19.8 Å². The fraction of sp³-hybridized carbons (Fsp3) is 0.812. The van der Waals surface area contributed by atoms with Gasteiger partial charge in [-0.2, -0.15) is 0 Å². The first-order valence-electron chi connectivity index (χ1n) is 8.20. The third-order valence-corrected chi connectivity index (χ3v) is 3.94. The molecule has 0 radical (unpaired) electrons. The second-order valence-corrected chi connectivity index (χ2v) is 5.30. The van der Waals surface area contributed by atoms with Gasteiger partial charge in [0.2, 0.25) is 0 Å². The van der Waals surface area contributed by atoms with Crippen molar-refractivity contribution in [3.63, 3.8) is 0 Å². The van der Waals surface area contributed by atoms with Gasteiger partial charge < -0.3 is 14.8 Å². The zero-order chi connectivity index (χ0) is 14.8. The summed E-state index contributed by atoms with van der Waals surface area (Å²) in [6, 6.07) is 0.531. The molecule has 1 N–H and O–H groups in total. The summed E-state index contributed by atoms with van der Waals surface area (Å²) in [6.45, 7) is 14.4. The van der Waals surface area contributed by atoms with Crippen LogP contribution in [0.3, 0.4) is 0 Å². The van der Waals surface area contributed by atoms with Crippen LogP contribution in [-0.2, 0) is 13.0 Å². The Kier molecular flexibility index (Phi) is 8.54. The van der Waals surface area contributed by atoms with E-state index in [1.54, 1.807) is 0 Å². The molecule has 1 aromatic rings. The molecule has 0 saturated carbocycles. The first-order valence-corrected chi connectivity index (χ1v) is 8.20. The highest BCUT2D eigenvalue weighted by Crippen LogP contribution is 2.06. The lowest BCUT2D eigenvalue weighted by Gasteiger charge is -2.23. The van der Waals surface area contributed by atoms with Gasteiger partial charge in [0.1, 0.15) is 5.82 Å². The number of hydrogen-bond donors (Lipinski definition) is 1. The fourth-order valence-electron chi connectivity index (χ4n) is 2.54. The molecule has 0 aliphatic carbocycles. The maximum absolute atomic E-state index is 4.51. The molecule has 20 heavy (non-hydrogen) atoms. The Bertz CT molecular complexity index is 344. The molecule has 0 amide bonds. The van der Waals surface area contributed by atoms with Crippen LogP contribution in [-0.4, -0.2) is 46.7 Å². The molecule has 0 bridgehead atoms. The van der Waals surface area contributed by atoms with E-state index in [2.05, 4.69) is 53.7 Å². The first-order chi connectivity index (χ1) is 9.74. The zero-order valence-electron chi connectivity index (χ0n) is 13.7. The summed E-state index contributed by atoms with van der Waals surface area (Å²) in [4.78, 5) is 7.00.